The fraction of sp³-hybridized carbons (Fsp3) is 0.176. The number of hydrogen-bond donors (Lipinski definition) is 2. The van der Waals surface area contributed by atoms with E-state index in [1.807, 2.05) is 24.3 Å². The lowest BCUT2D eigenvalue weighted by molar-refractivity contribution is 0.0706. The zero-order chi connectivity index (χ0) is 17.6. The molecular formula is C17H17N5O2S. The van der Waals surface area contributed by atoms with Gasteiger partial charge in [-0.3, -0.25) is 15.0 Å². The van der Waals surface area contributed by atoms with E-state index >= 15 is 0 Å². The zero-order valence-electron chi connectivity index (χ0n) is 13.6. The van der Waals surface area contributed by atoms with Gasteiger partial charge in [0.05, 0.1) is 0 Å². The van der Waals surface area contributed by atoms with Crippen molar-refractivity contribution in [3.8, 4) is 11.4 Å². The molecule has 2 N–H and O–H groups in total. The molecule has 25 heavy (non-hydrogen) atoms. The molecule has 0 radical (unpaired) electrons. The first kappa shape index (κ1) is 17.1. The molecule has 0 atom stereocenters. The fourth-order valence-electron chi connectivity index (χ4n) is 2.36. The first-order chi connectivity index (χ1) is 12.2. The summed E-state index contributed by atoms with van der Waals surface area (Å²) in [4.78, 5) is 15.4. The van der Waals surface area contributed by atoms with Crippen LogP contribution in [0, 0.1) is 0 Å². The van der Waals surface area contributed by atoms with Crippen LogP contribution < -0.4 is 5.48 Å². The van der Waals surface area contributed by atoms with Crippen molar-refractivity contribution in [2.45, 2.75) is 24.4 Å². The monoisotopic (exact) mass is 355 g/mol. The molecule has 0 fully saturated rings. The molecule has 8 heteroatoms. The quantitative estimate of drug-likeness (QED) is 0.401. The molecule has 2 aromatic heterocycles. The number of amides is 1. The van der Waals surface area contributed by atoms with Gasteiger partial charge in [-0.1, -0.05) is 23.9 Å². The maximum Gasteiger partial charge on any atom is 0.274 e. The van der Waals surface area contributed by atoms with E-state index in [-0.39, 0.29) is 0 Å². The molecular weight excluding hydrogens is 338 g/mol. The minimum Gasteiger partial charge on any atom is -0.302 e. The number of carbonyl (C=O) groups excluding carboxylic acids is 1. The molecule has 3 rings (SSSR count). The summed E-state index contributed by atoms with van der Waals surface area (Å²) in [5.74, 6) is 1.00. The average molecular weight is 355 g/mol. The molecule has 1 aromatic carbocycles. The van der Waals surface area contributed by atoms with Crippen LogP contribution in [0.1, 0.15) is 22.8 Å². The SMILES string of the molecule is CCn1c(SCc2ccc(C(=O)NO)cc2)nnc1-c1ccncc1. The van der Waals surface area contributed by atoms with Crippen molar-refractivity contribution in [3.05, 3.63) is 59.9 Å². The van der Waals surface area contributed by atoms with Crippen LogP contribution in [0.15, 0.2) is 53.9 Å². The molecule has 0 saturated carbocycles. The van der Waals surface area contributed by atoms with Gasteiger partial charge in [-0.05, 0) is 36.8 Å². The lowest BCUT2D eigenvalue weighted by Gasteiger charge is -2.07. The summed E-state index contributed by atoms with van der Waals surface area (Å²) in [6.45, 7) is 2.82. The number of aromatic nitrogens is 4. The van der Waals surface area contributed by atoms with E-state index in [1.165, 1.54) is 0 Å². The summed E-state index contributed by atoms with van der Waals surface area (Å²) < 4.78 is 2.06. The van der Waals surface area contributed by atoms with E-state index in [0.29, 0.717) is 11.3 Å². The van der Waals surface area contributed by atoms with Gasteiger partial charge >= 0.3 is 0 Å². The van der Waals surface area contributed by atoms with Crippen LogP contribution in [-0.2, 0) is 12.3 Å². The van der Waals surface area contributed by atoms with Gasteiger partial charge in [-0.2, -0.15) is 0 Å². The summed E-state index contributed by atoms with van der Waals surface area (Å²) in [5, 5.41) is 18.1. The third-order valence-electron chi connectivity index (χ3n) is 3.66. The number of nitrogens with one attached hydrogen (secondary N) is 1. The molecule has 1 amide bonds. The summed E-state index contributed by atoms with van der Waals surface area (Å²) in [7, 11) is 0. The van der Waals surface area contributed by atoms with Crippen LogP contribution >= 0.6 is 11.8 Å². The Morgan fingerprint density at radius 3 is 2.52 bits per heavy atom. The van der Waals surface area contributed by atoms with Gasteiger partial charge in [0.1, 0.15) is 0 Å². The van der Waals surface area contributed by atoms with Crippen molar-refractivity contribution in [1.82, 2.24) is 25.2 Å². The van der Waals surface area contributed by atoms with Crippen molar-refractivity contribution < 1.29 is 10.0 Å². The number of hydroxylamine groups is 1. The average Bonchev–Trinajstić information content (AvgIpc) is 3.09. The first-order valence-corrected chi connectivity index (χ1v) is 8.71. The lowest BCUT2D eigenvalue weighted by atomic mass is 10.1. The minimum atomic E-state index is -0.521. The number of rotatable bonds is 6. The van der Waals surface area contributed by atoms with Crippen molar-refractivity contribution >= 4 is 17.7 Å². The topological polar surface area (TPSA) is 92.9 Å². The number of hydrogen-bond acceptors (Lipinski definition) is 6. The first-order valence-electron chi connectivity index (χ1n) is 7.72. The van der Waals surface area contributed by atoms with Crippen molar-refractivity contribution in [2.24, 2.45) is 0 Å². The van der Waals surface area contributed by atoms with Gasteiger partial charge in [-0.15, -0.1) is 10.2 Å². The standard InChI is InChI=1S/C17H17N5O2S/c1-2-22-15(13-7-9-18-10-8-13)19-20-17(22)25-11-12-3-5-14(6-4-12)16(23)21-24/h3-10,24H,2,11H2,1H3,(H,21,23). The van der Waals surface area contributed by atoms with E-state index < -0.39 is 5.91 Å². The predicted molar refractivity (Wildman–Crippen MR) is 94.2 cm³/mol. The number of pyridine rings is 1. The Kier molecular flexibility index (Phi) is 5.42. The maximum atomic E-state index is 11.3. The van der Waals surface area contributed by atoms with Gasteiger partial charge in [0, 0.05) is 35.8 Å². The molecule has 0 unspecified atom stereocenters. The molecule has 3 aromatic rings. The summed E-state index contributed by atoms with van der Waals surface area (Å²) in [5.41, 5.74) is 4.07. The van der Waals surface area contributed by atoms with Crippen LogP contribution in [-0.4, -0.2) is 30.9 Å². The molecule has 0 spiro atoms. The number of benzene rings is 1. The number of nitrogens with zero attached hydrogens (tertiary/aromatic N) is 4. The zero-order valence-corrected chi connectivity index (χ0v) is 14.4. The van der Waals surface area contributed by atoms with Gasteiger partial charge in [0.2, 0.25) is 0 Å². The minimum absolute atomic E-state index is 0.410. The molecule has 2 heterocycles. The van der Waals surface area contributed by atoms with Crippen LogP contribution in [0.2, 0.25) is 0 Å². The van der Waals surface area contributed by atoms with E-state index in [2.05, 4.69) is 26.7 Å². The highest BCUT2D eigenvalue weighted by Crippen LogP contribution is 2.26. The largest absolute Gasteiger partial charge is 0.302 e. The highest BCUT2D eigenvalue weighted by Gasteiger charge is 2.13. The Bertz CT molecular complexity index is 849. The van der Waals surface area contributed by atoms with Crippen molar-refractivity contribution in [2.75, 3.05) is 0 Å². The maximum absolute atomic E-state index is 11.3. The Labute approximate surface area is 149 Å². The van der Waals surface area contributed by atoms with Crippen LogP contribution in [0.4, 0.5) is 0 Å². The van der Waals surface area contributed by atoms with Crippen molar-refractivity contribution in [1.29, 1.82) is 0 Å². The molecule has 0 aliphatic rings. The van der Waals surface area contributed by atoms with Gasteiger partial charge in [0.25, 0.3) is 5.91 Å². The Balaban J connectivity index is 1.73. The van der Waals surface area contributed by atoms with Crippen LogP contribution in [0.25, 0.3) is 11.4 Å². The summed E-state index contributed by atoms with van der Waals surface area (Å²) >= 11 is 1.58. The smallest absolute Gasteiger partial charge is 0.274 e. The van der Waals surface area contributed by atoms with E-state index in [4.69, 9.17) is 5.21 Å². The highest BCUT2D eigenvalue weighted by atomic mass is 32.2. The third-order valence-corrected chi connectivity index (χ3v) is 4.70. The number of carbonyl (C=O) groups is 1. The highest BCUT2D eigenvalue weighted by molar-refractivity contribution is 7.98. The number of thioether (sulfide) groups is 1. The van der Waals surface area contributed by atoms with E-state index in [9.17, 15) is 4.79 Å². The van der Waals surface area contributed by atoms with E-state index in [1.54, 1.807) is 41.8 Å². The van der Waals surface area contributed by atoms with Gasteiger partial charge < -0.3 is 4.57 Å². The van der Waals surface area contributed by atoms with Crippen LogP contribution in [0.5, 0.6) is 0 Å². The summed E-state index contributed by atoms with van der Waals surface area (Å²) in [6.07, 6.45) is 3.47. The molecule has 0 bridgehead atoms. The third kappa shape index (κ3) is 3.86. The Hall–Kier alpha value is -2.71. The molecule has 7 nitrogen and oxygen atoms in total. The molecule has 128 valence electrons. The van der Waals surface area contributed by atoms with Gasteiger partial charge in [0.15, 0.2) is 11.0 Å². The van der Waals surface area contributed by atoms with Crippen molar-refractivity contribution in [3.63, 3.8) is 0 Å². The molecule has 0 aliphatic carbocycles. The predicted octanol–water partition coefficient (Wildman–Crippen LogP) is 2.77. The van der Waals surface area contributed by atoms with Crippen LogP contribution in [0.3, 0.4) is 0 Å². The Morgan fingerprint density at radius 2 is 1.88 bits per heavy atom. The fourth-order valence-corrected chi connectivity index (χ4v) is 3.32. The lowest BCUT2D eigenvalue weighted by Crippen LogP contribution is -2.18. The molecule has 0 aliphatic heterocycles. The van der Waals surface area contributed by atoms with E-state index in [0.717, 1.165) is 28.7 Å². The second-order valence-electron chi connectivity index (χ2n) is 5.21. The Morgan fingerprint density at radius 1 is 1.16 bits per heavy atom. The van der Waals surface area contributed by atoms with Gasteiger partial charge in [-0.25, -0.2) is 5.48 Å². The normalized spacial score (nSPS) is 10.6. The summed E-state index contributed by atoms with van der Waals surface area (Å²) in [6, 6.07) is 10.9. The second-order valence-corrected chi connectivity index (χ2v) is 6.16. The second kappa shape index (κ2) is 7.91. The molecule has 0 saturated heterocycles.